The quantitative estimate of drug-likeness (QED) is 0.924. The minimum absolute atomic E-state index is 0.165. The van der Waals surface area contributed by atoms with Gasteiger partial charge in [0.25, 0.3) is 5.91 Å². The van der Waals surface area contributed by atoms with Crippen molar-refractivity contribution >= 4 is 5.91 Å². The summed E-state index contributed by atoms with van der Waals surface area (Å²) in [5.41, 5.74) is 3.48. The first-order valence-corrected chi connectivity index (χ1v) is 8.01. The standard InChI is InChI=1S/C17H24N2O2/c1-2-21-16-6-9-19(10-7-16)17(20)14-4-3-13-5-8-18-12-15(13)11-14/h3-4,11,16,18H,2,5-10,12H2,1H3. The molecule has 21 heavy (non-hydrogen) atoms. The van der Waals surface area contributed by atoms with Crippen molar-refractivity contribution in [1.82, 2.24) is 10.2 Å². The van der Waals surface area contributed by atoms with E-state index in [1.165, 1.54) is 11.1 Å². The zero-order valence-electron chi connectivity index (χ0n) is 12.7. The predicted octanol–water partition coefficient (Wildman–Crippen LogP) is 1.97. The molecular weight excluding hydrogens is 264 g/mol. The Hall–Kier alpha value is -1.39. The van der Waals surface area contributed by atoms with Crippen LogP contribution in [-0.2, 0) is 17.7 Å². The number of benzene rings is 1. The molecule has 0 unspecified atom stereocenters. The van der Waals surface area contributed by atoms with Gasteiger partial charge in [-0.25, -0.2) is 0 Å². The van der Waals surface area contributed by atoms with Crippen molar-refractivity contribution in [2.45, 2.75) is 38.8 Å². The van der Waals surface area contributed by atoms with E-state index in [-0.39, 0.29) is 5.91 Å². The van der Waals surface area contributed by atoms with Crippen LogP contribution in [0, 0.1) is 0 Å². The molecule has 1 N–H and O–H groups in total. The van der Waals surface area contributed by atoms with Crippen molar-refractivity contribution in [3.8, 4) is 0 Å². The average molecular weight is 288 g/mol. The number of carbonyl (C=O) groups excluding carboxylic acids is 1. The number of nitrogens with one attached hydrogen (secondary N) is 1. The highest BCUT2D eigenvalue weighted by Crippen LogP contribution is 2.20. The van der Waals surface area contributed by atoms with Crippen LogP contribution >= 0.6 is 0 Å². The van der Waals surface area contributed by atoms with Crippen LogP contribution in [0.5, 0.6) is 0 Å². The van der Waals surface area contributed by atoms with E-state index in [4.69, 9.17) is 4.74 Å². The molecule has 4 nitrogen and oxygen atoms in total. The van der Waals surface area contributed by atoms with Gasteiger partial charge in [-0.05, 0) is 56.0 Å². The third-order valence-electron chi connectivity index (χ3n) is 4.47. The number of likely N-dealkylation sites (tertiary alicyclic amines) is 1. The number of amides is 1. The largest absolute Gasteiger partial charge is 0.378 e. The molecule has 1 aromatic rings. The van der Waals surface area contributed by atoms with Gasteiger partial charge in [0.2, 0.25) is 0 Å². The number of carbonyl (C=O) groups is 1. The second-order valence-corrected chi connectivity index (χ2v) is 5.86. The lowest BCUT2D eigenvalue weighted by molar-refractivity contribution is 0.0146. The van der Waals surface area contributed by atoms with Crippen LogP contribution in [0.2, 0.25) is 0 Å². The average Bonchev–Trinajstić information content (AvgIpc) is 2.55. The first-order chi connectivity index (χ1) is 10.3. The molecule has 0 atom stereocenters. The van der Waals surface area contributed by atoms with Gasteiger partial charge in [-0.1, -0.05) is 6.07 Å². The highest BCUT2D eigenvalue weighted by atomic mass is 16.5. The Morgan fingerprint density at radius 1 is 1.33 bits per heavy atom. The molecule has 114 valence electrons. The second kappa shape index (κ2) is 6.58. The number of nitrogens with zero attached hydrogens (tertiary/aromatic N) is 1. The van der Waals surface area contributed by atoms with Gasteiger partial charge in [-0.15, -0.1) is 0 Å². The highest BCUT2D eigenvalue weighted by Gasteiger charge is 2.24. The zero-order chi connectivity index (χ0) is 14.7. The molecule has 0 radical (unpaired) electrons. The van der Waals surface area contributed by atoms with Crippen LogP contribution in [0.4, 0.5) is 0 Å². The molecule has 1 fully saturated rings. The SMILES string of the molecule is CCOC1CCN(C(=O)c2ccc3c(c2)CNCC3)CC1. The topological polar surface area (TPSA) is 41.6 Å². The maximum absolute atomic E-state index is 12.6. The lowest BCUT2D eigenvalue weighted by atomic mass is 9.97. The predicted molar refractivity (Wildman–Crippen MR) is 82.4 cm³/mol. The molecule has 2 aliphatic heterocycles. The zero-order valence-corrected chi connectivity index (χ0v) is 12.7. The van der Waals surface area contributed by atoms with Crippen LogP contribution in [0.25, 0.3) is 0 Å². The maximum atomic E-state index is 12.6. The summed E-state index contributed by atoms with van der Waals surface area (Å²) in [5.74, 6) is 0.165. The Balaban J connectivity index is 1.66. The lowest BCUT2D eigenvalue weighted by Crippen LogP contribution is -2.41. The van der Waals surface area contributed by atoms with E-state index < -0.39 is 0 Å². The first kappa shape index (κ1) is 14.5. The van der Waals surface area contributed by atoms with Crippen molar-refractivity contribution in [2.24, 2.45) is 0 Å². The first-order valence-electron chi connectivity index (χ1n) is 8.01. The highest BCUT2D eigenvalue weighted by molar-refractivity contribution is 5.94. The smallest absolute Gasteiger partial charge is 0.253 e. The molecule has 1 aromatic carbocycles. The number of hydrogen-bond donors (Lipinski definition) is 1. The molecule has 0 saturated carbocycles. The van der Waals surface area contributed by atoms with Crippen molar-refractivity contribution < 1.29 is 9.53 Å². The monoisotopic (exact) mass is 288 g/mol. The molecule has 0 bridgehead atoms. The summed E-state index contributed by atoms with van der Waals surface area (Å²) in [6.45, 7) is 6.31. The summed E-state index contributed by atoms with van der Waals surface area (Å²) in [4.78, 5) is 14.6. The molecular formula is C17H24N2O2. The summed E-state index contributed by atoms with van der Waals surface area (Å²) in [6, 6.07) is 6.18. The van der Waals surface area contributed by atoms with E-state index in [0.717, 1.165) is 57.6 Å². The maximum Gasteiger partial charge on any atom is 0.253 e. The van der Waals surface area contributed by atoms with Gasteiger partial charge in [0.05, 0.1) is 6.10 Å². The van der Waals surface area contributed by atoms with Gasteiger partial charge in [0.15, 0.2) is 0 Å². The second-order valence-electron chi connectivity index (χ2n) is 5.86. The van der Waals surface area contributed by atoms with E-state index >= 15 is 0 Å². The summed E-state index contributed by atoms with van der Waals surface area (Å²) >= 11 is 0. The van der Waals surface area contributed by atoms with Gasteiger partial charge < -0.3 is 15.0 Å². The summed E-state index contributed by atoms with van der Waals surface area (Å²) in [7, 11) is 0. The number of fused-ring (bicyclic) bond motifs is 1. The minimum Gasteiger partial charge on any atom is -0.378 e. The van der Waals surface area contributed by atoms with Gasteiger partial charge in [-0.2, -0.15) is 0 Å². The Morgan fingerprint density at radius 3 is 2.90 bits per heavy atom. The normalized spacial score (nSPS) is 19.4. The van der Waals surface area contributed by atoms with Crippen LogP contribution in [0.3, 0.4) is 0 Å². The Labute approximate surface area is 126 Å². The third-order valence-corrected chi connectivity index (χ3v) is 4.47. The molecule has 1 saturated heterocycles. The van der Waals surface area contributed by atoms with E-state index in [1.54, 1.807) is 0 Å². The van der Waals surface area contributed by atoms with Crippen molar-refractivity contribution in [3.63, 3.8) is 0 Å². The molecule has 2 aliphatic rings. The Kier molecular flexibility index (Phi) is 4.56. The van der Waals surface area contributed by atoms with Crippen LogP contribution in [0.1, 0.15) is 41.3 Å². The molecule has 4 heteroatoms. The number of ether oxygens (including phenoxy) is 1. The fraction of sp³-hybridized carbons (Fsp3) is 0.588. The summed E-state index contributed by atoms with van der Waals surface area (Å²) in [6.07, 6.45) is 3.29. The van der Waals surface area contributed by atoms with Crippen molar-refractivity contribution in [3.05, 3.63) is 34.9 Å². The molecule has 0 aliphatic carbocycles. The van der Waals surface area contributed by atoms with Crippen LogP contribution in [0.15, 0.2) is 18.2 Å². The molecule has 2 heterocycles. The minimum atomic E-state index is 0.165. The van der Waals surface area contributed by atoms with Crippen LogP contribution in [-0.4, -0.2) is 43.2 Å². The number of hydrogen-bond acceptors (Lipinski definition) is 3. The van der Waals surface area contributed by atoms with Gasteiger partial charge in [0.1, 0.15) is 0 Å². The van der Waals surface area contributed by atoms with Crippen molar-refractivity contribution in [1.29, 1.82) is 0 Å². The Morgan fingerprint density at radius 2 is 2.14 bits per heavy atom. The number of piperidine rings is 1. The number of rotatable bonds is 3. The summed E-state index contributed by atoms with van der Waals surface area (Å²) < 4.78 is 5.64. The van der Waals surface area contributed by atoms with E-state index in [0.29, 0.717) is 6.10 Å². The van der Waals surface area contributed by atoms with E-state index in [1.807, 2.05) is 17.9 Å². The molecule has 1 amide bonds. The van der Waals surface area contributed by atoms with Crippen LogP contribution < -0.4 is 5.32 Å². The lowest BCUT2D eigenvalue weighted by Gasteiger charge is -2.32. The molecule has 3 rings (SSSR count). The molecule has 0 spiro atoms. The van der Waals surface area contributed by atoms with E-state index in [9.17, 15) is 4.79 Å². The van der Waals surface area contributed by atoms with Gasteiger partial charge in [0, 0.05) is 31.8 Å². The summed E-state index contributed by atoms with van der Waals surface area (Å²) in [5, 5.41) is 3.37. The Bertz CT molecular complexity index is 508. The van der Waals surface area contributed by atoms with Gasteiger partial charge in [-0.3, -0.25) is 4.79 Å². The fourth-order valence-corrected chi connectivity index (χ4v) is 3.26. The molecule has 0 aromatic heterocycles. The fourth-order valence-electron chi connectivity index (χ4n) is 3.26. The van der Waals surface area contributed by atoms with Crippen molar-refractivity contribution in [2.75, 3.05) is 26.2 Å². The van der Waals surface area contributed by atoms with E-state index in [2.05, 4.69) is 17.4 Å². The van der Waals surface area contributed by atoms with Gasteiger partial charge >= 0.3 is 0 Å². The third kappa shape index (κ3) is 3.27.